The molecular weight excluding hydrogens is 224 g/mol. The van der Waals surface area contributed by atoms with Crippen molar-refractivity contribution in [2.24, 2.45) is 5.92 Å². The highest BCUT2D eigenvalue weighted by Crippen LogP contribution is 2.30. The minimum Gasteiger partial charge on any atom is -0.493 e. The van der Waals surface area contributed by atoms with E-state index in [-0.39, 0.29) is 0 Å². The smallest absolute Gasteiger partial charge is 0.119 e. The summed E-state index contributed by atoms with van der Waals surface area (Å²) in [5, 5.41) is 0. The molecule has 1 aliphatic carbocycles. The maximum Gasteiger partial charge on any atom is 0.119 e. The molecule has 98 valence electrons. The van der Waals surface area contributed by atoms with Crippen LogP contribution < -0.4 is 9.64 Å². The van der Waals surface area contributed by atoms with Crippen LogP contribution in [-0.2, 0) is 0 Å². The molecule has 2 aliphatic rings. The molecule has 1 saturated heterocycles. The van der Waals surface area contributed by atoms with Gasteiger partial charge in [-0.25, -0.2) is 0 Å². The Balaban J connectivity index is 1.56. The van der Waals surface area contributed by atoms with E-state index in [0.717, 1.165) is 44.5 Å². The van der Waals surface area contributed by atoms with E-state index in [1.165, 1.54) is 18.5 Å². The molecule has 2 fully saturated rings. The minimum atomic E-state index is 0.822. The molecule has 0 bridgehead atoms. The third-order valence-electron chi connectivity index (χ3n) is 3.89. The Bertz CT molecular complexity index is 378. The molecule has 1 aliphatic heterocycles. The normalized spacial score (nSPS) is 21.1. The van der Waals surface area contributed by atoms with Gasteiger partial charge in [-0.15, -0.1) is 0 Å². The van der Waals surface area contributed by atoms with Crippen molar-refractivity contribution in [3.05, 3.63) is 24.3 Å². The standard InChI is InChI=1S/C15H22N2O/c1-16-8-10-17(11-9-16)14-4-6-15(7-5-14)18-12-13-2-3-13/h4-7,13H,2-3,8-12H2,1H3. The maximum atomic E-state index is 5.76. The summed E-state index contributed by atoms with van der Waals surface area (Å²) >= 11 is 0. The molecule has 18 heavy (non-hydrogen) atoms. The summed E-state index contributed by atoms with van der Waals surface area (Å²) in [6, 6.07) is 8.59. The average Bonchev–Trinajstić information content (AvgIpc) is 3.22. The maximum absolute atomic E-state index is 5.76. The van der Waals surface area contributed by atoms with E-state index in [1.54, 1.807) is 0 Å². The molecule has 0 atom stereocenters. The molecule has 1 aromatic rings. The van der Waals surface area contributed by atoms with Crippen LogP contribution >= 0.6 is 0 Å². The van der Waals surface area contributed by atoms with Crippen LogP contribution in [0.2, 0.25) is 0 Å². The number of piperazine rings is 1. The Kier molecular flexibility index (Phi) is 3.41. The summed E-state index contributed by atoms with van der Waals surface area (Å²) in [7, 11) is 2.19. The SMILES string of the molecule is CN1CCN(c2ccc(OCC3CC3)cc2)CC1. The highest BCUT2D eigenvalue weighted by Gasteiger charge is 2.21. The molecule has 3 rings (SSSR count). The van der Waals surface area contributed by atoms with Crippen molar-refractivity contribution < 1.29 is 4.74 Å². The summed E-state index contributed by atoms with van der Waals surface area (Å²) in [6.45, 7) is 5.45. The topological polar surface area (TPSA) is 15.7 Å². The van der Waals surface area contributed by atoms with Crippen LogP contribution in [0.1, 0.15) is 12.8 Å². The fraction of sp³-hybridized carbons (Fsp3) is 0.600. The fourth-order valence-corrected chi connectivity index (χ4v) is 2.32. The van der Waals surface area contributed by atoms with E-state index in [1.807, 2.05) is 0 Å². The number of likely N-dealkylation sites (N-methyl/N-ethyl adjacent to an activating group) is 1. The third kappa shape index (κ3) is 2.96. The summed E-state index contributed by atoms with van der Waals surface area (Å²) in [5.74, 6) is 1.84. The van der Waals surface area contributed by atoms with E-state index in [4.69, 9.17) is 4.74 Å². The molecular formula is C15H22N2O. The van der Waals surface area contributed by atoms with Gasteiger partial charge in [-0.3, -0.25) is 0 Å². The molecule has 0 unspecified atom stereocenters. The largest absolute Gasteiger partial charge is 0.493 e. The van der Waals surface area contributed by atoms with Crippen LogP contribution in [0, 0.1) is 5.92 Å². The Morgan fingerprint density at radius 2 is 1.72 bits per heavy atom. The van der Waals surface area contributed by atoms with Gasteiger partial charge in [0.05, 0.1) is 6.61 Å². The van der Waals surface area contributed by atoms with E-state index < -0.39 is 0 Å². The number of hydrogen-bond donors (Lipinski definition) is 0. The summed E-state index contributed by atoms with van der Waals surface area (Å²) in [5.41, 5.74) is 1.32. The lowest BCUT2D eigenvalue weighted by Crippen LogP contribution is -2.44. The molecule has 0 aromatic heterocycles. The first-order chi connectivity index (χ1) is 8.81. The first kappa shape index (κ1) is 11.8. The van der Waals surface area contributed by atoms with Crippen LogP contribution in [0.5, 0.6) is 5.75 Å². The van der Waals surface area contributed by atoms with Gasteiger partial charge in [-0.1, -0.05) is 0 Å². The Labute approximate surface area is 109 Å². The van der Waals surface area contributed by atoms with Gasteiger partial charge in [0.15, 0.2) is 0 Å². The van der Waals surface area contributed by atoms with E-state index in [2.05, 4.69) is 41.1 Å². The van der Waals surface area contributed by atoms with Crippen LogP contribution in [0.15, 0.2) is 24.3 Å². The van der Waals surface area contributed by atoms with Crippen molar-refractivity contribution in [2.75, 3.05) is 44.7 Å². The molecule has 0 amide bonds. The minimum absolute atomic E-state index is 0.822. The number of benzene rings is 1. The Hall–Kier alpha value is -1.22. The van der Waals surface area contributed by atoms with Gasteiger partial charge in [0, 0.05) is 31.9 Å². The van der Waals surface area contributed by atoms with Crippen molar-refractivity contribution in [3.8, 4) is 5.75 Å². The fourth-order valence-electron chi connectivity index (χ4n) is 2.32. The van der Waals surface area contributed by atoms with Gasteiger partial charge >= 0.3 is 0 Å². The number of rotatable bonds is 4. The number of hydrogen-bond acceptors (Lipinski definition) is 3. The molecule has 0 N–H and O–H groups in total. The van der Waals surface area contributed by atoms with E-state index in [9.17, 15) is 0 Å². The zero-order valence-electron chi connectivity index (χ0n) is 11.1. The first-order valence-corrected chi connectivity index (χ1v) is 6.97. The van der Waals surface area contributed by atoms with Crippen LogP contribution in [0.3, 0.4) is 0 Å². The lowest BCUT2D eigenvalue weighted by Gasteiger charge is -2.34. The molecule has 3 nitrogen and oxygen atoms in total. The number of nitrogens with zero attached hydrogens (tertiary/aromatic N) is 2. The van der Waals surface area contributed by atoms with Gasteiger partial charge in [-0.2, -0.15) is 0 Å². The van der Waals surface area contributed by atoms with Crippen molar-refractivity contribution >= 4 is 5.69 Å². The van der Waals surface area contributed by atoms with Gasteiger partial charge in [0.1, 0.15) is 5.75 Å². The van der Waals surface area contributed by atoms with E-state index >= 15 is 0 Å². The predicted molar refractivity (Wildman–Crippen MR) is 74.4 cm³/mol. The van der Waals surface area contributed by atoms with Crippen LogP contribution in [0.4, 0.5) is 5.69 Å². The monoisotopic (exact) mass is 246 g/mol. The summed E-state index contributed by atoms with van der Waals surface area (Å²) in [4.78, 5) is 4.83. The van der Waals surface area contributed by atoms with Crippen LogP contribution in [-0.4, -0.2) is 44.7 Å². The zero-order chi connectivity index (χ0) is 12.4. The Morgan fingerprint density at radius 1 is 1.06 bits per heavy atom. The molecule has 0 radical (unpaired) electrons. The highest BCUT2D eigenvalue weighted by molar-refractivity contribution is 5.49. The molecule has 0 spiro atoms. The lowest BCUT2D eigenvalue weighted by molar-refractivity contribution is 0.299. The van der Waals surface area contributed by atoms with Gasteiger partial charge in [0.25, 0.3) is 0 Å². The van der Waals surface area contributed by atoms with Crippen molar-refractivity contribution in [2.45, 2.75) is 12.8 Å². The van der Waals surface area contributed by atoms with Crippen molar-refractivity contribution in [1.82, 2.24) is 4.90 Å². The average molecular weight is 246 g/mol. The highest BCUT2D eigenvalue weighted by atomic mass is 16.5. The quantitative estimate of drug-likeness (QED) is 0.810. The molecule has 3 heteroatoms. The van der Waals surface area contributed by atoms with Crippen molar-refractivity contribution in [3.63, 3.8) is 0 Å². The molecule has 1 saturated carbocycles. The van der Waals surface area contributed by atoms with E-state index in [0.29, 0.717) is 0 Å². The second-order valence-corrected chi connectivity index (χ2v) is 5.54. The molecule has 1 aromatic carbocycles. The van der Waals surface area contributed by atoms with Gasteiger partial charge in [0.2, 0.25) is 0 Å². The van der Waals surface area contributed by atoms with Gasteiger partial charge < -0.3 is 14.5 Å². The lowest BCUT2D eigenvalue weighted by atomic mass is 10.2. The van der Waals surface area contributed by atoms with Crippen LogP contribution in [0.25, 0.3) is 0 Å². The van der Waals surface area contributed by atoms with Crippen molar-refractivity contribution in [1.29, 1.82) is 0 Å². The second kappa shape index (κ2) is 5.19. The summed E-state index contributed by atoms with van der Waals surface area (Å²) in [6.07, 6.45) is 2.69. The number of ether oxygens (including phenoxy) is 1. The first-order valence-electron chi connectivity index (χ1n) is 6.97. The zero-order valence-corrected chi connectivity index (χ0v) is 11.1. The molecule has 1 heterocycles. The number of anilines is 1. The summed E-state index contributed by atoms with van der Waals surface area (Å²) < 4.78 is 5.76. The predicted octanol–water partition coefficient (Wildman–Crippen LogP) is 2.23. The van der Waals surface area contributed by atoms with Gasteiger partial charge in [-0.05, 0) is 50.1 Å². The Morgan fingerprint density at radius 3 is 2.33 bits per heavy atom. The second-order valence-electron chi connectivity index (χ2n) is 5.54. The third-order valence-corrected chi connectivity index (χ3v) is 3.89.